The Balaban J connectivity index is 1.73. The summed E-state index contributed by atoms with van der Waals surface area (Å²) in [6, 6.07) is 17.3. The number of anilines is 1. The number of hydrogen-bond donors (Lipinski definition) is 1. The average molecular weight is 397 g/mol. The van der Waals surface area contributed by atoms with E-state index in [9.17, 15) is 4.79 Å². The first-order chi connectivity index (χ1) is 13.6. The molecular weight excluding hydrogens is 372 g/mol. The molecule has 146 valence electrons. The highest BCUT2D eigenvalue weighted by molar-refractivity contribution is 7.99. The Hall–Kier alpha value is -2.80. The third kappa shape index (κ3) is 4.92. The van der Waals surface area contributed by atoms with Crippen molar-refractivity contribution in [3.8, 4) is 17.1 Å². The second-order valence-electron chi connectivity index (χ2n) is 6.71. The predicted octanol–water partition coefficient (Wildman–Crippen LogP) is 4.34. The van der Waals surface area contributed by atoms with Crippen molar-refractivity contribution < 1.29 is 9.53 Å². The van der Waals surface area contributed by atoms with Crippen molar-refractivity contribution in [1.82, 2.24) is 14.8 Å². The second kappa shape index (κ2) is 9.41. The quantitative estimate of drug-likeness (QED) is 0.574. The van der Waals surface area contributed by atoms with Gasteiger partial charge in [0, 0.05) is 12.1 Å². The normalized spacial score (nSPS) is 10.9. The number of methoxy groups -OCH3 is 1. The summed E-state index contributed by atoms with van der Waals surface area (Å²) >= 11 is 1.38. The third-order valence-corrected chi connectivity index (χ3v) is 4.98. The molecule has 6 nitrogen and oxygen atoms in total. The number of carbonyl (C=O) groups excluding carboxylic acids is 1. The standard InChI is InChI=1S/C21H24N4O2S/c1-15(2)13-25-20(16-9-5-4-6-10-16)23-24-21(25)28-14-19(26)22-17-11-7-8-12-18(17)27-3/h4-12,15H,13-14H2,1-3H3,(H,22,26). The summed E-state index contributed by atoms with van der Waals surface area (Å²) < 4.78 is 7.36. The van der Waals surface area contributed by atoms with Gasteiger partial charge >= 0.3 is 0 Å². The summed E-state index contributed by atoms with van der Waals surface area (Å²) in [5.41, 5.74) is 1.67. The molecule has 0 aliphatic heterocycles. The van der Waals surface area contributed by atoms with Crippen molar-refractivity contribution in [2.75, 3.05) is 18.2 Å². The molecule has 1 amide bonds. The fraction of sp³-hybridized carbons (Fsp3) is 0.286. The van der Waals surface area contributed by atoms with E-state index in [0.29, 0.717) is 17.4 Å². The van der Waals surface area contributed by atoms with E-state index in [-0.39, 0.29) is 11.7 Å². The first-order valence-corrected chi connectivity index (χ1v) is 10.1. The summed E-state index contributed by atoms with van der Waals surface area (Å²) in [6.07, 6.45) is 0. The van der Waals surface area contributed by atoms with Crippen LogP contribution in [-0.4, -0.2) is 33.5 Å². The maximum absolute atomic E-state index is 12.4. The lowest BCUT2D eigenvalue weighted by atomic mass is 10.2. The van der Waals surface area contributed by atoms with Gasteiger partial charge in [-0.2, -0.15) is 0 Å². The molecule has 2 aromatic carbocycles. The molecular formula is C21H24N4O2S. The largest absolute Gasteiger partial charge is 0.495 e. The highest BCUT2D eigenvalue weighted by Crippen LogP contribution is 2.26. The van der Waals surface area contributed by atoms with Crippen LogP contribution < -0.4 is 10.1 Å². The van der Waals surface area contributed by atoms with Gasteiger partial charge in [0.1, 0.15) is 5.75 Å². The van der Waals surface area contributed by atoms with Crippen LogP contribution in [0.15, 0.2) is 59.8 Å². The maximum atomic E-state index is 12.4. The van der Waals surface area contributed by atoms with Crippen LogP contribution in [0.3, 0.4) is 0 Å². The molecule has 0 unspecified atom stereocenters. The number of thioether (sulfide) groups is 1. The number of carbonyl (C=O) groups is 1. The van der Waals surface area contributed by atoms with Gasteiger partial charge in [-0.3, -0.25) is 4.79 Å². The van der Waals surface area contributed by atoms with Crippen LogP contribution in [0.2, 0.25) is 0 Å². The van der Waals surface area contributed by atoms with E-state index in [1.165, 1.54) is 11.8 Å². The lowest BCUT2D eigenvalue weighted by Crippen LogP contribution is -2.15. The van der Waals surface area contributed by atoms with Gasteiger partial charge in [0.15, 0.2) is 11.0 Å². The van der Waals surface area contributed by atoms with E-state index in [4.69, 9.17) is 4.74 Å². The van der Waals surface area contributed by atoms with Crippen molar-refractivity contribution in [2.24, 2.45) is 5.92 Å². The molecule has 0 bridgehead atoms. The fourth-order valence-electron chi connectivity index (χ4n) is 2.79. The minimum atomic E-state index is -0.116. The smallest absolute Gasteiger partial charge is 0.234 e. The Morgan fingerprint density at radius 2 is 1.82 bits per heavy atom. The van der Waals surface area contributed by atoms with E-state index in [1.807, 2.05) is 54.6 Å². The van der Waals surface area contributed by atoms with Crippen molar-refractivity contribution >= 4 is 23.4 Å². The van der Waals surface area contributed by atoms with Gasteiger partial charge < -0.3 is 14.6 Å². The summed E-state index contributed by atoms with van der Waals surface area (Å²) in [6.45, 7) is 5.09. The number of ether oxygens (including phenoxy) is 1. The van der Waals surface area contributed by atoms with E-state index < -0.39 is 0 Å². The fourth-order valence-corrected chi connectivity index (χ4v) is 3.54. The first kappa shape index (κ1) is 19.9. The molecule has 3 aromatic rings. The Kier molecular flexibility index (Phi) is 6.71. The third-order valence-electron chi connectivity index (χ3n) is 4.01. The van der Waals surface area contributed by atoms with Gasteiger partial charge in [0.05, 0.1) is 18.6 Å². The van der Waals surface area contributed by atoms with Gasteiger partial charge in [-0.05, 0) is 18.1 Å². The van der Waals surface area contributed by atoms with Crippen LogP contribution in [0.25, 0.3) is 11.4 Å². The molecule has 3 rings (SSSR count). The summed E-state index contributed by atoms with van der Waals surface area (Å²) in [5.74, 6) is 2.01. The number of nitrogens with one attached hydrogen (secondary N) is 1. The van der Waals surface area contributed by atoms with Crippen molar-refractivity contribution in [2.45, 2.75) is 25.5 Å². The van der Waals surface area contributed by atoms with Crippen LogP contribution in [0.4, 0.5) is 5.69 Å². The molecule has 1 N–H and O–H groups in total. The first-order valence-electron chi connectivity index (χ1n) is 9.12. The molecule has 0 aliphatic rings. The molecule has 0 spiro atoms. The number of amides is 1. The molecule has 0 fully saturated rings. The van der Waals surface area contributed by atoms with Crippen molar-refractivity contribution in [3.63, 3.8) is 0 Å². The molecule has 7 heteroatoms. The number of benzene rings is 2. The van der Waals surface area contributed by atoms with Crippen LogP contribution in [0, 0.1) is 5.92 Å². The summed E-state index contributed by atoms with van der Waals surface area (Å²) in [7, 11) is 1.58. The Bertz CT molecular complexity index is 925. The van der Waals surface area contributed by atoms with Crippen LogP contribution in [0.1, 0.15) is 13.8 Å². The highest BCUT2D eigenvalue weighted by Gasteiger charge is 2.17. The van der Waals surface area contributed by atoms with Gasteiger partial charge in [-0.1, -0.05) is 68.1 Å². The zero-order valence-corrected chi connectivity index (χ0v) is 17.1. The molecule has 1 heterocycles. The second-order valence-corrected chi connectivity index (χ2v) is 7.66. The summed E-state index contributed by atoms with van der Waals surface area (Å²) in [4.78, 5) is 12.4. The Morgan fingerprint density at radius 1 is 1.11 bits per heavy atom. The predicted molar refractivity (Wildman–Crippen MR) is 113 cm³/mol. The molecule has 0 atom stereocenters. The lowest BCUT2D eigenvalue weighted by Gasteiger charge is -2.13. The molecule has 0 aliphatic carbocycles. The van der Waals surface area contributed by atoms with Gasteiger partial charge in [-0.15, -0.1) is 10.2 Å². The van der Waals surface area contributed by atoms with Gasteiger partial charge in [-0.25, -0.2) is 0 Å². The highest BCUT2D eigenvalue weighted by atomic mass is 32.2. The average Bonchev–Trinajstić information content (AvgIpc) is 3.09. The van der Waals surface area contributed by atoms with E-state index >= 15 is 0 Å². The maximum Gasteiger partial charge on any atom is 0.234 e. The lowest BCUT2D eigenvalue weighted by molar-refractivity contribution is -0.113. The van der Waals surface area contributed by atoms with E-state index in [1.54, 1.807) is 7.11 Å². The van der Waals surface area contributed by atoms with Crippen LogP contribution in [0.5, 0.6) is 5.75 Å². The monoisotopic (exact) mass is 396 g/mol. The minimum absolute atomic E-state index is 0.116. The van der Waals surface area contributed by atoms with Crippen LogP contribution >= 0.6 is 11.8 Å². The van der Waals surface area contributed by atoms with Gasteiger partial charge in [0.2, 0.25) is 5.91 Å². The number of para-hydroxylation sites is 2. The molecule has 28 heavy (non-hydrogen) atoms. The molecule has 1 aromatic heterocycles. The van der Waals surface area contributed by atoms with Crippen molar-refractivity contribution in [1.29, 1.82) is 0 Å². The molecule has 0 saturated heterocycles. The number of hydrogen-bond acceptors (Lipinski definition) is 5. The molecule has 0 saturated carbocycles. The minimum Gasteiger partial charge on any atom is -0.495 e. The topological polar surface area (TPSA) is 69.0 Å². The van der Waals surface area contributed by atoms with Crippen LogP contribution in [-0.2, 0) is 11.3 Å². The Morgan fingerprint density at radius 3 is 2.54 bits per heavy atom. The zero-order valence-electron chi connectivity index (χ0n) is 16.3. The van der Waals surface area contributed by atoms with Gasteiger partial charge in [0.25, 0.3) is 0 Å². The number of aromatic nitrogens is 3. The number of nitrogens with zero attached hydrogens (tertiary/aromatic N) is 3. The molecule has 0 radical (unpaired) electrons. The van der Waals surface area contributed by atoms with E-state index in [2.05, 4.69) is 33.9 Å². The Labute approximate surface area is 169 Å². The zero-order chi connectivity index (χ0) is 19.9. The SMILES string of the molecule is COc1ccccc1NC(=O)CSc1nnc(-c2ccccc2)n1CC(C)C. The summed E-state index contributed by atoms with van der Waals surface area (Å²) in [5, 5.41) is 12.3. The number of rotatable bonds is 8. The van der Waals surface area contributed by atoms with Crippen molar-refractivity contribution in [3.05, 3.63) is 54.6 Å². The van der Waals surface area contributed by atoms with E-state index in [0.717, 1.165) is 23.1 Å².